The van der Waals surface area contributed by atoms with Gasteiger partial charge >= 0.3 is 12.3 Å². The Hall–Kier alpha value is -2.33. The first-order valence-electron chi connectivity index (χ1n) is 7.92. The molecule has 28 heavy (non-hydrogen) atoms. The van der Waals surface area contributed by atoms with E-state index in [1.54, 1.807) is 20.8 Å². The van der Waals surface area contributed by atoms with Crippen LogP contribution in [0.2, 0.25) is 5.02 Å². The lowest BCUT2D eigenvalue weighted by Crippen LogP contribution is -2.27. The molecule has 2 rings (SSSR count). The summed E-state index contributed by atoms with van der Waals surface area (Å²) < 4.78 is 43.7. The maximum absolute atomic E-state index is 12.9. The van der Waals surface area contributed by atoms with Gasteiger partial charge in [-0.2, -0.15) is 13.2 Å². The number of halogens is 4. The van der Waals surface area contributed by atoms with E-state index in [4.69, 9.17) is 16.3 Å². The van der Waals surface area contributed by atoms with E-state index < -0.39 is 29.3 Å². The van der Waals surface area contributed by atoms with Crippen LogP contribution in [0.4, 0.5) is 28.8 Å². The Morgan fingerprint density at radius 1 is 1.18 bits per heavy atom. The van der Waals surface area contributed by atoms with E-state index in [2.05, 4.69) is 15.6 Å². The minimum Gasteiger partial charge on any atom is -0.444 e. The molecule has 0 aliphatic heterocycles. The number of carbonyl (C=O) groups is 2. The van der Waals surface area contributed by atoms with E-state index in [1.807, 2.05) is 0 Å². The minimum atomic E-state index is -4.57. The number of thiazole rings is 1. The summed E-state index contributed by atoms with van der Waals surface area (Å²) in [5, 5.41) is 4.82. The van der Waals surface area contributed by atoms with Gasteiger partial charge in [-0.25, -0.2) is 9.78 Å². The number of anilines is 2. The highest BCUT2D eigenvalue weighted by atomic mass is 35.5. The highest BCUT2D eigenvalue weighted by Gasteiger charge is 2.31. The number of hydrogen-bond donors (Lipinski definition) is 2. The van der Waals surface area contributed by atoms with Crippen LogP contribution in [0.25, 0.3) is 0 Å². The lowest BCUT2D eigenvalue weighted by atomic mass is 10.2. The van der Waals surface area contributed by atoms with Gasteiger partial charge in [0.2, 0.25) is 0 Å². The summed E-state index contributed by atoms with van der Waals surface area (Å²) in [4.78, 5) is 28.4. The van der Waals surface area contributed by atoms with Gasteiger partial charge in [0.1, 0.15) is 10.5 Å². The molecule has 0 atom stereocenters. The molecule has 152 valence electrons. The molecule has 0 saturated heterocycles. The third-order valence-electron chi connectivity index (χ3n) is 3.15. The largest absolute Gasteiger partial charge is 0.444 e. The third-order valence-corrected chi connectivity index (χ3v) is 4.55. The second kappa shape index (κ2) is 7.96. The number of hydrogen-bond acceptors (Lipinski definition) is 5. The monoisotopic (exact) mass is 435 g/mol. The average molecular weight is 436 g/mol. The van der Waals surface area contributed by atoms with Crippen molar-refractivity contribution in [3.63, 3.8) is 0 Å². The van der Waals surface area contributed by atoms with Gasteiger partial charge in [-0.1, -0.05) is 22.9 Å². The molecule has 6 nitrogen and oxygen atoms in total. The first kappa shape index (κ1) is 22.0. The zero-order valence-corrected chi connectivity index (χ0v) is 16.9. The molecule has 0 unspecified atom stereocenters. The standard InChI is InChI=1S/C17H17ClF3N3O3S/c1-8-12(28-14(22-8)24-15(26)27-16(2,3)4)13(25)23-11-7-9(17(19,20)21)5-6-10(11)18/h5-7H,1-4H3,(H,23,25)(H,22,24,26). The number of benzene rings is 1. The molecule has 1 aromatic carbocycles. The third kappa shape index (κ3) is 5.83. The number of aromatic nitrogens is 1. The van der Waals surface area contributed by atoms with Crippen molar-refractivity contribution in [2.45, 2.75) is 39.5 Å². The molecule has 0 aliphatic carbocycles. The molecule has 0 saturated carbocycles. The van der Waals surface area contributed by atoms with Crippen LogP contribution in [-0.4, -0.2) is 22.6 Å². The van der Waals surface area contributed by atoms with Crippen molar-refractivity contribution in [3.8, 4) is 0 Å². The predicted molar refractivity (Wildman–Crippen MR) is 101 cm³/mol. The molecular formula is C17H17ClF3N3O3S. The Kier molecular flexibility index (Phi) is 6.24. The topological polar surface area (TPSA) is 80.3 Å². The maximum Gasteiger partial charge on any atom is 0.416 e. The molecule has 11 heteroatoms. The molecule has 2 aromatic rings. The highest BCUT2D eigenvalue weighted by Crippen LogP contribution is 2.34. The van der Waals surface area contributed by atoms with Crippen LogP contribution < -0.4 is 10.6 Å². The number of nitrogens with one attached hydrogen (secondary N) is 2. The van der Waals surface area contributed by atoms with Gasteiger partial charge in [-0.15, -0.1) is 0 Å². The molecule has 0 spiro atoms. The van der Waals surface area contributed by atoms with E-state index in [-0.39, 0.29) is 26.4 Å². The number of ether oxygens (including phenoxy) is 1. The van der Waals surface area contributed by atoms with Gasteiger partial charge in [0.15, 0.2) is 5.13 Å². The van der Waals surface area contributed by atoms with Gasteiger partial charge in [0.05, 0.1) is 22.0 Å². The second-order valence-corrected chi connectivity index (χ2v) is 8.11. The van der Waals surface area contributed by atoms with E-state index in [1.165, 1.54) is 6.92 Å². The summed E-state index contributed by atoms with van der Waals surface area (Å²) in [5.74, 6) is -0.700. The van der Waals surface area contributed by atoms with Gasteiger partial charge in [0, 0.05) is 0 Å². The Morgan fingerprint density at radius 2 is 1.82 bits per heavy atom. The summed E-state index contributed by atoms with van der Waals surface area (Å²) in [5.41, 5.74) is -1.55. The van der Waals surface area contributed by atoms with E-state index >= 15 is 0 Å². The van der Waals surface area contributed by atoms with Crippen LogP contribution >= 0.6 is 22.9 Å². The van der Waals surface area contributed by atoms with E-state index in [0.29, 0.717) is 0 Å². The number of nitrogens with zero attached hydrogens (tertiary/aromatic N) is 1. The predicted octanol–water partition coefficient (Wildman–Crippen LogP) is 5.72. The van der Waals surface area contributed by atoms with E-state index in [0.717, 1.165) is 29.5 Å². The van der Waals surface area contributed by atoms with Crippen LogP contribution in [0, 0.1) is 6.92 Å². The fraction of sp³-hybridized carbons (Fsp3) is 0.353. The average Bonchev–Trinajstić information content (AvgIpc) is 2.86. The zero-order chi connectivity index (χ0) is 21.3. The van der Waals surface area contributed by atoms with Crippen molar-refractivity contribution in [2.75, 3.05) is 10.6 Å². The molecule has 0 aliphatic rings. The summed E-state index contributed by atoms with van der Waals surface area (Å²) in [6, 6.07) is 2.62. The van der Waals surface area contributed by atoms with Gasteiger partial charge in [-0.05, 0) is 45.9 Å². The van der Waals surface area contributed by atoms with Gasteiger partial charge in [0.25, 0.3) is 5.91 Å². The lowest BCUT2D eigenvalue weighted by molar-refractivity contribution is -0.137. The van der Waals surface area contributed by atoms with Crippen molar-refractivity contribution < 1.29 is 27.5 Å². The van der Waals surface area contributed by atoms with Crippen molar-refractivity contribution >= 4 is 45.8 Å². The zero-order valence-electron chi connectivity index (χ0n) is 15.3. The SMILES string of the molecule is Cc1nc(NC(=O)OC(C)(C)C)sc1C(=O)Nc1cc(C(F)(F)F)ccc1Cl. The summed E-state index contributed by atoms with van der Waals surface area (Å²) in [6.07, 6.45) is -5.32. The van der Waals surface area contributed by atoms with Crippen molar-refractivity contribution in [1.82, 2.24) is 4.98 Å². The first-order valence-corrected chi connectivity index (χ1v) is 9.11. The van der Waals surface area contributed by atoms with Crippen LogP contribution in [0.15, 0.2) is 18.2 Å². The first-order chi connectivity index (χ1) is 12.8. The van der Waals surface area contributed by atoms with Crippen LogP contribution in [0.5, 0.6) is 0 Å². The normalized spacial score (nSPS) is 11.9. The Labute approximate surface area is 168 Å². The lowest BCUT2D eigenvalue weighted by Gasteiger charge is -2.18. The summed E-state index contributed by atoms with van der Waals surface area (Å²) in [6.45, 7) is 6.60. The Balaban J connectivity index is 2.18. The number of amides is 2. The Morgan fingerprint density at radius 3 is 2.39 bits per heavy atom. The van der Waals surface area contributed by atoms with Crippen LogP contribution in [-0.2, 0) is 10.9 Å². The van der Waals surface area contributed by atoms with Crippen molar-refractivity contribution in [3.05, 3.63) is 39.4 Å². The van der Waals surface area contributed by atoms with Crippen molar-refractivity contribution in [1.29, 1.82) is 0 Å². The van der Waals surface area contributed by atoms with Crippen molar-refractivity contribution in [2.24, 2.45) is 0 Å². The molecule has 1 aromatic heterocycles. The number of aryl methyl sites for hydroxylation is 1. The maximum atomic E-state index is 12.9. The molecular weight excluding hydrogens is 419 g/mol. The fourth-order valence-electron chi connectivity index (χ4n) is 2.03. The Bertz CT molecular complexity index is 907. The second-order valence-electron chi connectivity index (χ2n) is 6.71. The number of carbonyl (C=O) groups excluding carboxylic acids is 2. The van der Waals surface area contributed by atoms with Gasteiger partial charge < -0.3 is 10.1 Å². The molecule has 0 fully saturated rings. The molecule has 1 heterocycles. The molecule has 2 amide bonds. The summed E-state index contributed by atoms with van der Waals surface area (Å²) in [7, 11) is 0. The van der Waals surface area contributed by atoms with Crippen LogP contribution in [0.1, 0.15) is 41.7 Å². The minimum absolute atomic E-state index is 0.0457. The molecule has 2 N–H and O–H groups in total. The van der Waals surface area contributed by atoms with E-state index in [9.17, 15) is 22.8 Å². The summed E-state index contributed by atoms with van der Waals surface area (Å²) >= 11 is 6.74. The van der Waals surface area contributed by atoms with Gasteiger partial charge in [-0.3, -0.25) is 10.1 Å². The molecule has 0 bridgehead atoms. The quantitative estimate of drug-likeness (QED) is 0.645. The fourth-order valence-corrected chi connectivity index (χ4v) is 3.04. The number of alkyl halides is 3. The highest BCUT2D eigenvalue weighted by molar-refractivity contribution is 7.17. The van der Waals surface area contributed by atoms with Crippen LogP contribution in [0.3, 0.4) is 0 Å². The number of rotatable bonds is 3. The molecule has 0 radical (unpaired) electrons. The smallest absolute Gasteiger partial charge is 0.416 e.